The number of carbonyl (C=O) groups is 1. The van der Waals surface area contributed by atoms with E-state index in [1.807, 2.05) is 4.90 Å². The van der Waals surface area contributed by atoms with Crippen molar-refractivity contribution in [3.8, 4) is 0 Å². The summed E-state index contributed by atoms with van der Waals surface area (Å²) in [5.74, 6) is 1.02. The summed E-state index contributed by atoms with van der Waals surface area (Å²) in [6.45, 7) is 3.22. The molecule has 2 aliphatic heterocycles. The summed E-state index contributed by atoms with van der Waals surface area (Å²) in [5, 5.41) is 0. The predicted octanol–water partition coefficient (Wildman–Crippen LogP) is 3.06. The molecular formula is C19H29NO3. The molecular weight excluding hydrogens is 290 g/mol. The highest BCUT2D eigenvalue weighted by molar-refractivity contribution is 5.94. The SMILES string of the molecule is O=C(C1=CCCC1)N1CC2(C[C@@H](OCC3CCCC3)CCO2)C1. The lowest BCUT2D eigenvalue weighted by Crippen LogP contribution is -2.67. The van der Waals surface area contributed by atoms with E-state index in [1.54, 1.807) is 0 Å². The van der Waals surface area contributed by atoms with E-state index in [9.17, 15) is 4.79 Å². The van der Waals surface area contributed by atoms with E-state index in [0.29, 0.717) is 6.10 Å². The maximum atomic E-state index is 12.4. The molecule has 0 aromatic carbocycles. The minimum Gasteiger partial charge on any atom is -0.378 e. The van der Waals surface area contributed by atoms with Crippen LogP contribution in [0.2, 0.25) is 0 Å². The van der Waals surface area contributed by atoms with Crippen LogP contribution in [0.25, 0.3) is 0 Å². The third kappa shape index (κ3) is 3.34. The van der Waals surface area contributed by atoms with Crippen molar-refractivity contribution in [2.24, 2.45) is 5.92 Å². The first-order chi connectivity index (χ1) is 11.2. The molecule has 0 radical (unpaired) electrons. The van der Waals surface area contributed by atoms with Gasteiger partial charge in [0.1, 0.15) is 5.60 Å². The van der Waals surface area contributed by atoms with Crippen LogP contribution in [0.1, 0.15) is 57.8 Å². The lowest BCUT2D eigenvalue weighted by molar-refractivity contribution is -0.200. The van der Waals surface area contributed by atoms with Crippen LogP contribution >= 0.6 is 0 Å². The first kappa shape index (κ1) is 15.6. The Kier molecular flexibility index (Phi) is 4.46. The van der Waals surface area contributed by atoms with E-state index < -0.39 is 0 Å². The Balaban J connectivity index is 1.26. The zero-order valence-electron chi connectivity index (χ0n) is 14.1. The normalized spacial score (nSPS) is 30.5. The molecule has 0 aromatic heterocycles. The van der Waals surface area contributed by atoms with Gasteiger partial charge in [-0.25, -0.2) is 0 Å². The first-order valence-electron chi connectivity index (χ1n) is 9.48. The highest BCUT2D eigenvalue weighted by atomic mass is 16.5. The van der Waals surface area contributed by atoms with Crippen LogP contribution in [0.5, 0.6) is 0 Å². The predicted molar refractivity (Wildman–Crippen MR) is 88.1 cm³/mol. The van der Waals surface area contributed by atoms with Crippen molar-refractivity contribution in [2.75, 3.05) is 26.3 Å². The van der Waals surface area contributed by atoms with Gasteiger partial charge in [-0.1, -0.05) is 18.9 Å². The molecule has 2 saturated heterocycles. The first-order valence-corrected chi connectivity index (χ1v) is 9.48. The summed E-state index contributed by atoms with van der Waals surface area (Å²) in [7, 11) is 0. The Labute approximate surface area is 139 Å². The Hall–Kier alpha value is -0.870. The van der Waals surface area contributed by atoms with Crippen molar-refractivity contribution in [3.63, 3.8) is 0 Å². The van der Waals surface area contributed by atoms with Gasteiger partial charge in [-0.2, -0.15) is 0 Å². The molecule has 4 aliphatic rings. The summed E-state index contributed by atoms with van der Waals surface area (Å²) >= 11 is 0. The van der Waals surface area contributed by atoms with Crippen LogP contribution < -0.4 is 0 Å². The van der Waals surface area contributed by atoms with Gasteiger partial charge in [0, 0.05) is 25.2 Å². The second-order valence-corrected chi connectivity index (χ2v) is 7.91. The lowest BCUT2D eigenvalue weighted by Gasteiger charge is -2.53. The number of nitrogens with zero attached hydrogens (tertiary/aromatic N) is 1. The molecule has 0 N–H and O–H groups in total. The zero-order valence-corrected chi connectivity index (χ0v) is 14.1. The smallest absolute Gasteiger partial charge is 0.249 e. The Bertz CT molecular complexity index is 475. The van der Waals surface area contributed by atoms with Gasteiger partial charge in [0.2, 0.25) is 5.91 Å². The average molecular weight is 319 g/mol. The second kappa shape index (κ2) is 6.56. The Morgan fingerprint density at radius 2 is 2.09 bits per heavy atom. The Morgan fingerprint density at radius 3 is 2.83 bits per heavy atom. The molecule has 0 unspecified atom stereocenters. The summed E-state index contributed by atoms with van der Waals surface area (Å²) in [5.41, 5.74) is 0.901. The number of hydrogen-bond donors (Lipinski definition) is 0. The number of amides is 1. The van der Waals surface area contributed by atoms with Crippen LogP contribution in [0.4, 0.5) is 0 Å². The van der Waals surface area contributed by atoms with Crippen LogP contribution in [-0.2, 0) is 14.3 Å². The van der Waals surface area contributed by atoms with Crippen molar-refractivity contribution >= 4 is 5.91 Å². The summed E-state index contributed by atoms with van der Waals surface area (Å²) in [6.07, 6.45) is 13.0. The van der Waals surface area contributed by atoms with E-state index in [1.165, 1.54) is 25.7 Å². The fraction of sp³-hybridized carbons (Fsp3) is 0.842. The molecule has 1 atom stereocenters. The van der Waals surface area contributed by atoms with Crippen molar-refractivity contribution in [1.82, 2.24) is 4.90 Å². The van der Waals surface area contributed by atoms with Gasteiger partial charge in [-0.15, -0.1) is 0 Å². The highest BCUT2D eigenvalue weighted by Crippen LogP contribution is 2.37. The number of ether oxygens (including phenoxy) is 2. The van der Waals surface area contributed by atoms with Gasteiger partial charge in [0.05, 0.1) is 19.2 Å². The van der Waals surface area contributed by atoms with Crippen molar-refractivity contribution in [2.45, 2.75) is 69.5 Å². The fourth-order valence-electron chi connectivity index (χ4n) is 4.66. The van der Waals surface area contributed by atoms with E-state index in [0.717, 1.165) is 69.9 Å². The standard InChI is InChI=1S/C19H29NO3/c21-18(16-7-3-4-8-16)20-13-19(14-20)11-17(9-10-23-19)22-12-15-5-1-2-6-15/h7,15,17H,1-6,8-14H2/t17-/m0/s1. The van der Waals surface area contributed by atoms with E-state index in [4.69, 9.17) is 9.47 Å². The van der Waals surface area contributed by atoms with Gasteiger partial charge in [0.25, 0.3) is 0 Å². The monoisotopic (exact) mass is 319 g/mol. The zero-order chi connectivity index (χ0) is 15.7. The molecule has 1 spiro atoms. The lowest BCUT2D eigenvalue weighted by atomic mass is 9.84. The van der Waals surface area contributed by atoms with Gasteiger partial charge in [-0.3, -0.25) is 4.79 Å². The van der Waals surface area contributed by atoms with Crippen molar-refractivity contribution in [3.05, 3.63) is 11.6 Å². The fourth-order valence-corrected chi connectivity index (χ4v) is 4.66. The van der Waals surface area contributed by atoms with Gasteiger partial charge in [-0.05, 0) is 44.4 Å². The third-order valence-electron chi connectivity index (χ3n) is 6.05. The van der Waals surface area contributed by atoms with E-state index >= 15 is 0 Å². The third-order valence-corrected chi connectivity index (χ3v) is 6.05. The van der Waals surface area contributed by atoms with Gasteiger partial charge >= 0.3 is 0 Å². The maximum absolute atomic E-state index is 12.4. The molecule has 4 rings (SSSR count). The average Bonchev–Trinajstić information content (AvgIpc) is 3.23. The summed E-state index contributed by atoms with van der Waals surface area (Å²) in [4.78, 5) is 14.4. The van der Waals surface area contributed by atoms with E-state index in [2.05, 4.69) is 6.08 Å². The molecule has 3 fully saturated rings. The topological polar surface area (TPSA) is 38.8 Å². The molecule has 23 heavy (non-hydrogen) atoms. The second-order valence-electron chi connectivity index (χ2n) is 7.91. The number of allylic oxidation sites excluding steroid dienone is 1. The number of carbonyl (C=O) groups excluding carboxylic acids is 1. The van der Waals surface area contributed by atoms with Crippen LogP contribution in [0, 0.1) is 5.92 Å². The Morgan fingerprint density at radius 1 is 1.26 bits per heavy atom. The molecule has 1 amide bonds. The van der Waals surface area contributed by atoms with Gasteiger partial charge < -0.3 is 14.4 Å². The quantitative estimate of drug-likeness (QED) is 0.799. The number of hydrogen-bond acceptors (Lipinski definition) is 3. The number of likely N-dealkylation sites (tertiary alicyclic amines) is 1. The minimum absolute atomic E-state index is 0.118. The van der Waals surface area contributed by atoms with Gasteiger partial charge in [0.15, 0.2) is 0 Å². The molecule has 4 heteroatoms. The van der Waals surface area contributed by atoms with Crippen LogP contribution in [-0.4, -0.2) is 48.8 Å². The van der Waals surface area contributed by atoms with Crippen molar-refractivity contribution < 1.29 is 14.3 Å². The van der Waals surface area contributed by atoms with E-state index in [-0.39, 0.29) is 11.5 Å². The molecule has 128 valence electrons. The summed E-state index contributed by atoms with van der Waals surface area (Å²) < 4.78 is 12.3. The largest absolute Gasteiger partial charge is 0.378 e. The molecule has 1 saturated carbocycles. The van der Waals surface area contributed by atoms with Crippen molar-refractivity contribution in [1.29, 1.82) is 0 Å². The van der Waals surface area contributed by atoms with Crippen LogP contribution in [0.15, 0.2) is 11.6 Å². The molecule has 4 nitrogen and oxygen atoms in total. The molecule has 2 heterocycles. The van der Waals surface area contributed by atoms with Crippen LogP contribution in [0.3, 0.4) is 0 Å². The highest BCUT2D eigenvalue weighted by Gasteiger charge is 2.50. The molecule has 0 bridgehead atoms. The summed E-state index contributed by atoms with van der Waals surface area (Å²) in [6, 6.07) is 0. The number of rotatable bonds is 4. The minimum atomic E-state index is -0.118. The maximum Gasteiger partial charge on any atom is 0.249 e. The molecule has 2 aliphatic carbocycles. The molecule has 0 aromatic rings.